The van der Waals surface area contributed by atoms with E-state index in [1.807, 2.05) is 5.32 Å². The second kappa shape index (κ2) is 11.5. The Hall–Kier alpha value is -2.96. The minimum absolute atomic E-state index is 0.00775. The summed E-state index contributed by atoms with van der Waals surface area (Å²) in [7, 11) is 0.646. The van der Waals surface area contributed by atoms with Crippen LogP contribution in [0.25, 0.3) is 0 Å². The van der Waals surface area contributed by atoms with Crippen LogP contribution >= 0.6 is 31.9 Å². The highest BCUT2D eigenvalue weighted by molar-refractivity contribution is 9.11. The summed E-state index contributed by atoms with van der Waals surface area (Å²) in [5.74, 6) is -6.31. The highest BCUT2D eigenvalue weighted by atomic mass is 79.9. The largest absolute Gasteiger partial charge is 0.435 e. The molecule has 2 aromatic rings. The van der Waals surface area contributed by atoms with Crippen molar-refractivity contribution in [2.45, 2.75) is 24.2 Å². The van der Waals surface area contributed by atoms with Crippen LogP contribution in [-0.4, -0.2) is 54.7 Å². The van der Waals surface area contributed by atoms with Crippen LogP contribution in [0.4, 0.5) is 59.7 Å². The molecule has 0 saturated heterocycles. The molecule has 19 heteroatoms. The number of hydrogen-bond donors (Lipinski definition) is 2. The number of hydrogen-bond acceptors (Lipinski definition) is 3. The summed E-state index contributed by atoms with van der Waals surface area (Å²) in [4.78, 5) is 36.4. The van der Waals surface area contributed by atoms with Gasteiger partial charge in [0.1, 0.15) is 6.54 Å². The minimum atomic E-state index is -6.42. The van der Waals surface area contributed by atoms with Crippen LogP contribution in [0.2, 0.25) is 0 Å². The van der Waals surface area contributed by atoms with Gasteiger partial charge in [0.2, 0.25) is 0 Å². The quantitative estimate of drug-likeness (QED) is 0.262. The smallest absolute Gasteiger partial charge is 0.328 e. The molecule has 40 heavy (non-hydrogen) atoms. The highest BCUT2D eigenvalue weighted by Gasteiger charge is 2.73. The molecular weight excluding hydrogens is 711 g/mol. The van der Waals surface area contributed by atoms with Crippen molar-refractivity contribution in [1.29, 1.82) is 0 Å². The molecule has 0 aliphatic carbocycles. The van der Waals surface area contributed by atoms with Crippen molar-refractivity contribution in [2.75, 3.05) is 24.2 Å². The molecule has 2 rings (SSSR count). The Morgan fingerprint density at radius 1 is 0.850 bits per heavy atom. The van der Waals surface area contributed by atoms with Crippen LogP contribution in [-0.2, 0) is 15.3 Å². The maximum Gasteiger partial charge on any atom is 0.435 e. The van der Waals surface area contributed by atoms with Gasteiger partial charge in [-0.3, -0.25) is 14.4 Å². The maximum atomic E-state index is 14.9. The SMILES string of the molecule is CN(CC(F)(F)F)C(=O)C(=O)Nc1cccc(C(=O)Nc2c(Br)cc(C(F)(C(F)(F)F)C(F)(F)F)cc2Br)c1F. The number of nitrogens with zero attached hydrogens (tertiary/aromatic N) is 1. The molecule has 6 nitrogen and oxygen atoms in total. The molecule has 0 heterocycles. The Kier molecular flexibility index (Phi) is 9.56. The highest BCUT2D eigenvalue weighted by Crippen LogP contribution is 2.54. The zero-order valence-electron chi connectivity index (χ0n) is 19.2. The van der Waals surface area contributed by atoms with Gasteiger partial charge in [-0.05, 0) is 56.1 Å². The van der Waals surface area contributed by atoms with E-state index >= 15 is 0 Å². The van der Waals surface area contributed by atoms with Crippen molar-refractivity contribution >= 4 is 61.0 Å². The summed E-state index contributed by atoms with van der Waals surface area (Å²) in [6.07, 6.45) is -17.7. The fraction of sp³-hybridized carbons (Fsp3) is 0.286. The number of halogens is 13. The van der Waals surface area contributed by atoms with E-state index < -0.39 is 85.7 Å². The normalized spacial score (nSPS) is 12.7. The molecule has 220 valence electrons. The van der Waals surface area contributed by atoms with Crippen molar-refractivity contribution in [3.8, 4) is 0 Å². The van der Waals surface area contributed by atoms with Gasteiger partial charge < -0.3 is 15.5 Å². The molecule has 0 radical (unpaired) electrons. The number of rotatable bonds is 5. The van der Waals surface area contributed by atoms with Gasteiger partial charge in [-0.1, -0.05) is 6.07 Å². The van der Waals surface area contributed by atoms with Gasteiger partial charge in [0.05, 0.1) is 16.9 Å². The lowest BCUT2D eigenvalue weighted by Gasteiger charge is -2.31. The molecular formula is C21H12Br2F11N3O3. The predicted molar refractivity (Wildman–Crippen MR) is 123 cm³/mol. The van der Waals surface area contributed by atoms with Crippen molar-refractivity contribution in [3.05, 3.63) is 56.2 Å². The Morgan fingerprint density at radius 3 is 1.80 bits per heavy atom. The number of anilines is 2. The van der Waals surface area contributed by atoms with Gasteiger partial charge in [-0.2, -0.15) is 39.5 Å². The number of amides is 3. The van der Waals surface area contributed by atoms with Crippen molar-refractivity contribution in [3.63, 3.8) is 0 Å². The zero-order valence-corrected chi connectivity index (χ0v) is 22.4. The molecule has 3 amide bonds. The summed E-state index contributed by atoms with van der Waals surface area (Å²) in [5.41, 5.74) is -9.98. The van der Waals surface area contributed by atoms with Crippen LogP contribution in [0, 0.1) is 5.82 Å². The molecule has 2 aromatic carbocycles. The molecule has 0 unspecified atom stereocenters. The third kappa shape index (κ3) is 7.02. The Morgan fingerprint density at radius 2 is 1.35 bits per heavy atom. The van der Waals surface area contributed by atoms with E-state index in [9.17, 15) is 62.7 Å². The zero-order chi connectivity index (χ0) is 31.0. The third-order valence-electron chi connectivity index (χ3n) is 4.91. The summed E-state index contributed by atoms with van der Waals surface area (Å²) in [6, 6.07) is 2.80. The lowest BCUT2D eigenvalue weighted by atomic mass is 9.94. The van der Waals surface area contributed by atoms with E-state index in [0.717, 1.165) is 18.2 Å². The average molecular weight is 723 g/mol. The number of benzene rings is 2. The van der Waals surface area contributed by atoms with Crippen molar-refractivity contribution in [2.24, 2.45) is 0 Å². The van der Waals surface area contributed by atoms with Crippen molar-refractivity contribution in [1.82, 2.24) is 4.90 Å². The topological polar surface area (TPSA) is 78.5 Å². The summed E-state index contributed by atoms with van der Waals surface area (Å²) in [5, 5.41) is 3.65. The first-order chi connectivity index (χ1) is 18.0. The third-order valence-corrected chi connectivity index (χ3v) is 6.16. The monoisotopic (exact) mass is 721 g/mol. The fourth-order valence-corrected chi connectivity index (χ4v) is 4.44. The van der Waals surface area contributed by atoms with E-state index in [1.165, 1.54) is 0 Å². The number of nitrogens with one attached hydrogen (secondary N) is 2. The minimum Gasteiger partial charge on any atom is -0.328 e. The van der Waals surface area contributed by atoms with Crippen LogP contribution < -0.4 is 10.6 Å². The van der Waals surface area contributed by atoms with Gasteiger partial charge in [0.15, 0.2) is 5.82 Å². The van der Waals surface area contributed by atoms with Crippen molar-refractivity contribution < 1.29 is 62.7 Å². The molecule has 0 saturated carbocycles. The van der Waals surface area contributed by atoms with Crippen LogP contribution in [0.15, 0.2) is 39.3 Å². The second-order valence-electron chi connectivity index (χ2n) is 7.82. The molecule has 0 aromatic heterocycles. The Labute approximate surface area is 233 Å². The second-order valence-corrected chi connectivity index (χ2v) is 9.53. The lowest BCUT2D eigenvalue weighted by molar-refractivity contribution is -0.348. The van der Waals surface area contributed by atoms with E-state index in [2.05, 4.69) is 31.9 Å². The van der Waals surface area contributed by atoms with Crippen LogP contribution in [0.1, 0.15) is 15.9 Å². The van der Waals surface area contributed by atoms with E-state index in [-0.39, 0.29) is 17.0 Å². The summed E-state index contributed by atoms with van der Waals surface area (Å²) in [6.45, 7) is -1.80. The van der Waals surface area contributed by atoms with E-state index in [1.54, 1.807) is 5.32 Å². The molecule has 0 bridgehead atoms. The summed E-state index contributed by atoms with van der Waals surface area (Å²) < 4.78 is 144. The maximum absolute atomic E-state index is 14.9. The van der Waals surface area contributed by atoms with E-state index in [0.29, 0.717) is 7.05 Å². The summed E-state index contributed by atoms with van der Waals surface area (Å²) >= 11 is 5.24. The first kappa shape index (κ1) is 33.2. The van der Waals surface area contributed by atoms with Crippen LogP contribution in [0.5, 0.6) is 0 Å². The Balaban J connectivity index is 2.36. The van der Waals surface area contributed by atoms with Gasteiger partial charge in [0.25, 0.3) is 5.91 Å². The molecule has 0 aliphatic rings. The molecule has 0 fully saturated rings. The van der Waals surface area contributed by atoms with E-state index in [4.69, 9.17) is 0 Å². The van der Waals surface area contributed by atoms with Gasteiger partial charge in [-0.15, -0.1) is 0 Å². The molecule has 0 spiro atoms. The first-order valence-corrected chi connectivity index (χ1v) is 11.6. The number of carbonyl (C=O) groups excluding carboxylic acids is 3. The van der Waals surface area contributed by atoms with Gasteiger partial charge in [0, 0.05) is 21.6 Å². The fourth-order valence-electron chi connectivity index (χ4n) is 3.05. The molecule has 2 N–H and O–H groups in total. The van der Waals surface area contributed by atoms with Crippen LogP contribution in [0.3, 0.4) is 0 Å². The first-order valence-electron chi connectivity index (χ1n) is 10.1. The Bertz CT molecular complexity index is 1290. The molecule has 0 aliphatic heterocycles. The number of alkyl halides is 10. The predicted octanol–water partition coefficient (Wildman–Crippen LogP) is 6.85. The standard InChI is InChI=1S/C21H12Br2F11N3O3/c1-37(7-18(25,26)27)17(40)16(39)35-12-4-2-3-9(13(12)24)15(38)36-14-10(22)5-8(6-11(14)23)19(28,20(29,30)31)21(32,33)34/h2-6H,7H2,1H3,(H,35,39)(H,36,38). The van der Waals surface area contributed by atoms with Gasteiger partial charge in [-0.25, -0.2) is 8.78 Å². The molecule has 0 atom stereocenters. The van der Waals surface area contributed by atoms with Gasteiger partial charge >= 0.3 is 36.0 Å². The number of likely N-dealkylation sites (N-methyl/N-ethyl adjacent to an activating group) is 1. The lowest BCUT2D eigenvalue weighted by Crippen LogP contribution is -2.50. The number of carbonyl (C=O) groups is 3. The average Bonchev–Trinajstić information content (AvgIpc) is 2.78.